The maximum atomic E-state index is 14.8. The third-order valence-corrected chi connectivity index (χ3v) is 8.19. The zero-order chi connectivity index (χ0) is 29.5. The van der Waals surface area contributed by atoms with Crippen molar-refractivity contribution >= 4 is 11.8 Å². The molecule has 9 nitrogen and oxygen atoms in total. The van der Waals surface area contributed by atoms with Gasteiger partial charge in [0.15, 0.2) is 0 Å². The van der Waals surface area contributed by atoms with Gasteiger partial charge in [0.1, 0.15) is 17.6 Å². The topological polar surface area (TPSA) is 101 Å². The molecule has 2 heterocycles. The normalized spacial score (nSPS) is 16.9. The summed E-state index contributed by atoms with van der Waals surface area (Å²) >= 11 is 0. The maximum absolute atomic E-state index is 14.8. The summed E-state index contributed by atoms with van der Waals surface area (Å²) in [6.45, 7) is 7.67. The van der Waals surface area contributed by atoms with Gasteiger partial charge in [0, 0.05) is 50.8 Å². The van der Waals surface area contributed by atoms with Gasteiger partial charge < -0.3 is 19.5 Å². The molecule has 2 aliphatic rings. The predicted molar refractivity (Wildman–Crippen MR) is 157 cm³/mol. The van der Waals surface area contributed by atoms with E-state index in [0.717, 1.165) is 38.0 Å². The van der Waals surface area contributed by atoms with Gasteiger partial charge in [-0.2, -0.15) is 4.98 Å². The third-order valence-electron chi connectivity index (χ3n) is 8.19. The number of hydrogen-bond acceptors (Lipinski definition) is 7. The van der Waals surface area contributed by atoms with E-state index >= 15 is 0 Å². The Labute approximate surface area is 246 Å². The zero-order valence-electron chi connectivity index (χ0n) is 24.5. The molecule has 2 aromatic carbocycles. The van der Waals surface area contributed by atoms with E-state index in [1.54, 1.807) is 36.1 Å². The van der Waals surface area contributed by atoms with Crippen LogP contribution < -0.4 is 10.1 Å². The molecule has 0 radical (unpaired) electrons. The maximum Gasteiger partial charge on any atom is 0.251 e. The molecule has 42 heavy (non-hydrogen) atoms. The Balaban J connectivity index is 1.00. The molecular formula is C32H40FN5O4. The highest BCUT2D eigenvalue weighted by Crippen LogP contribution is 2.29. The van der Waals surface area contributed by atoms with Crippen LogP contribution in [0.4, 0.5) is 4.39 Å². The van der Waals surface area contributed by atoms with E-state index in [4.69, 9.17) is 9.26 Å². The standard InChI is InChI=1S/C32H40FN5O4/c1-22-8-10-25(11-9-22)31(39)34-23(2)32(40)38-17-15-37(16-18-38)14-5-19-41-26-12-13-27(28(33)21-26)30-35-29(42-36-30)20-24-6-3-4-7-24/h8-13,21,23-24H,3-7,14-20H2,1-2H3,(H,34,39)/t23-/m1/s1. The minimum atomic E-state index is -0.593. The molecule has 10 heteroatoms. The number of aromatic nitrogens is 2. The lowest BCUT2D eigenvalue weighted by Crippen LogP contribution is -2.54. The van der Waals surface area contributed by atoms with Crippen molar-refractivity contribution in [2.75, 3.05) is 39.3 Å². The van der Waals surface area contributed by atoms with Gasteiger partial charge in [0.25, 0.3) is 5.91 Å². The highest BCUT2D eigenvalue weighted by molar-refractivity contribution is 5.97. The highest BCUT2D eigenvalue weighted by atomic mass is 19.1. The van der Waals surface area contributed by atoms with Gasteiger partial charge in [0.2, 0.25) is 17.6 Å². The van der Waals surface area contributed by atoms with Crippen LogP contribution in [-0.2, 0) is 11.2 Å². The van der Waals surface area contributed by atoms with E-state index in [2.05, 4.69) is 20.4 Å². The van der Waals surface area contributed by atoms with Crippen molar-refractivity contribution < 1.29 is 23.2 Å². The average Bonchev–Trinajstić information content (AvgIpc) is 3.68. The van der Waals surface area contributed by atoms with Crippen LogP contribution in [-0.4, -0.2) is 77.1 Å². The van der Waals surface area contributed by atoms with Crippen molar-refractivity contribution in [3.63, 3.8) is 0 Å². The van der Waals surface area contributed by atoms with Crippen molar-refractivity contribution in [3.05, 3.63) is 65.3 Å². The Hall–Kier alpha value is -3.79. The first-order valence-electron chi connectivity index (χ1n) is 15.0. The van der Waals surface area contributed by atoms with Crippen LogP contribution in [0.2, 0.25) is 0 Å². The van der Waals surface area contributed by atoms with Crippen molar-refractivity contribution in [3.8, 4) is 17.1 Å². The number of amides is 2. The molecule has 0 spiro atoms. The number of piperazine rings is 1. The molecular weight excluding hydrogens is 537 g/mol. The molecule has 224 valence electrons. The second kappa shape index (κ2) is 13.9. The van der Waals surface area contributed by atoms with Crippen molar-refractivity contribution in [2.45, 2.75) is 58.4 Å². The van der Waals surface area contributed by atoms with Crippen LogP contribution in [0.1, 0.15) is 60.8 Å². The molecule has 1 aliphatic carbocycles. The monoisotopic (exact) mass is 577 g/mol. The van der Waals surface area contributed by atoms with Gasteiger partial charge in [-0.25, -0.2) is 4.39 Å². The van der Waals surface area contributed by atoms with Crippen molar-refractivity contribution in [1.29, 1.82) is 0 Å². The number of hydrogen-bond donors (Lipinski definition) is 1. The zero-order valence-corrected chi connectivity index (χ0v) is 24.5. The largest absolute Gasteiger partial charge is 0.493 e. The number of nitrogens with one attached hydrogen (secondary N) is 1. The van der Waals surface area contributed by atoms with Gasteiger partial charge in [-0.05, 0) is 63.3 Å². The molecule has 0 bridgehead atoms. The smallest absolute Gasteiger partial charge is 0.251 e. The molecule has 3 aromatic rings. The number of rotatable bonds is 11. The van der Waals surface area contributed by atoms with Crippen molar-refractivity contribution in [2.24, 2.45) is 5.92 Å². The predicted octanol–water partition coefficient (Wildman–Crippen LogP) is 4.65. The molecule has 5 rings (SSSR count). The van der Waals surface area contributed by atoms with Crippen LogP contribution in [0.3, 0.4) is 0 Å². The van der Waals surface area contributed by atoms with Gasteiger partial charge in [0.05, 0.1) is 12.2 Å². The second-order valence-electron chi connectivity index (χ2n) is 11.4. The van der Waals surface area contributed by atoms with Gasteiger partial charge in [-0.1, -0.05) is 35.7 Å². The fourth-order valence-electron chi connectivity index (χ4n) is 5.67. The number of carbonyl (C=O) groups is 2. The second-order valence-corrected chi connectivity index (χ2v) is 11.4. The summed E-state index contributed by atoms with van der Waals surface area (Å²) in [5.74, 6) is 1.12. The number of nitrogens with zero attached hydrogens (tertiary/aromatic N) is 4. The Morgan fingerprint density at radius 1 is 1.10 bits per heavy atom. The first-order valence-corrected chi connectivity index (χ1v) is 15.0. The molecule has 1 atom stereocenters. The van der Waals surface area contributed by atoms with Crippen LogP contribution in [0.25, 0.3) is 11.4 Å². The van der Waals surface area contributed by atoms with E-state index in [0.29, 0.717) is 48.4 Å². The molecule has 1 N–H and O–H groups in total. The lowest BCUT2D eigenvalue weighted by molar-refractivity contribution is -0.134. The van der Waals surface area contributed by atoms with E-state index in [-0.39, 0.29) is 17.6 Å². The van der Waals surface area contributed by atoms with Crippen LogP contribution in [0.15, 0.2) is 47.0 Å². The van der Waals surface area contributed by atoms with Gasteiger partial charge in [-0.3, -0.25) is 14.5 Å². The summed E-state index contributed by atoms with van der Waals surface area (Å²) in [7, 11) is 0. The minimum absolute atomic E-state index is 0.0743. The van der Waals surface area contributed by atoms with Crippen LogP contribution >= 0.6 is 0 Å². The molecule has 1 saturated carbocycles. The summed E-state index contributed by atoms with van der Waals surface area (Å²) in [5.41, 5.74) is 1.92. The number of carbonyl (C=O) groups excluding carboxylic acids is 2. The lowest BCUT2D eigenvalue weighted by atomic mass is 10.0. The molecule has 0 unspecified atom stereocenters. The first kappa shape index (κ1) is 29.7. The minimum Gasteiger partial charge on any atom is -0.493 e. The van der Waals surface area contributed by atoms with E-state index in [1.807, 2.05) is 19.1 Å². The van der Waals surface area contributed by atoms with Crippen molar-refractivity contribution in [1.82, 2.24) is 25.3 Å². The Morgan fingerprint density at radius 2 is 1.83 bits per heavy atom. The molecule has 2 amide bonds. The van der Waals surface area contributed by atoms with Crippen LogP contribution in [0.5, 0.6) is 5.75 Å². The molecule has 2 fully saturated rings. The molecule has 1 saturated heterocycles. The lowest BCUT2D eigenvalue weighted by Gasteiger charge is -2.36. The summed E-state index contributed by atoms with van der Waals surface area (Å²) in [5, 5.41) is 6.80. The number of aryl methyl sites for hydroxylation is 1. The Kier molecular flexibility index (Phi) is 9.84. The summed E-state index contributed by atoms with van der Waals surface area (Å²) in [6.07, 6.45) is 6.39. The quantitative estimate of drug-likeness (QED) is 0.331. The molecule has 1 aliphatic heterocycles. The van der Waals surface area contributed by atoms with Crippen LogP contribution in [0, 0.1) is 18.7 Å². The summed E-state index contributed by atoms with van der Waals surface area (Å²) in [4.78, 5) is 33.9. The fraction of sp³-hybridized carbons (Fsp3) is 0.500. The molecule has 1 aromatic heterocycles. The van der Waals surface area contributed by atoms with E-state index in [1.165, 1.54) is 31.7 Å². The number of halogens is 1. The van der Waals surface area contributed by atoms with E-state index < -0.39 is 11.9 Å². The Morgan fingerprint density at radius 3 is 2.55 bits per heavy atom. The Bertz CT molecular complexity index is 1350. The summed E-state index contributed by atoms with van der Waals surface area (Å²) in [6, 6.07) is 11.4. The summed E-state index contributed by atoms with van der Waals surface area (Å²) < 4.78 is 26.0. The SMILES string of the molecule is Cc1ccc(C(=O)N[C@H](C)C(=O)N2CCN(CCCOc3ccc(-c4noc(CC5CCCC5)n4)c(F)c3)CC2)cc1. The fourth-order valence-corrected chi connectivity index (χ4v) is 5.67. The van der Waals surface area contributed by atoms with E-state index in [9.17, 15) is 14.0 Å². The number of benzene rings is 2. The van der Waals surface area contributed by atoms with Gasteiger partial charge in [-0.15, -0.1) is 0 Å². The van der Waals surface area contributed by atoms with Gasteiger partial charge >= 0.3 is 0 Å². The first-order chi connectivity index (χ1) is 20.4. The third kappa shape index (κ3) is 7.73. The highest BCUT2D eigenvalue weighted by Gasteiger charge is 2.26. The number of ether oxygens (including phenoxy) is 1. The average molecular weight is 578 g/mol.